The Bertz CT molecular complexity index is 623. The number of anilines is 1. The summed E-state index contributed by atoms with van der Waals surface area (Å²) in [5, 5.41) is 2.47. The summed E-state index contributed by atoms with van der Waals surface area (Å²) in [5.74, 6) is -2.63. The molecule has 0 spiro atoms. The summed E-state index contributed by atoms with van der Waals surface area (Å²) < 4.78 is 27.5. The number of thioether (sulfide) groups is 1. The van der Waals surface area contributed by atoms with Gasteiger partial charge in [0.25, 0.3) is 5.91 Å². The van der Waals surface area contributed by atoms with Crippen LogP contribution in [0.5, 0.6) is 0 Å². The number of rotatable bonds is 3. The van der Waals surface area contributed by atoms with Crippen LogP contribution in [0.3, 0.4) is 0 Å². The summed E-state index contributed by atoms with van der Waals surface area (Å²) in [6.07, 6.45) is 1.93. The molecule has 1 N–H and O–H groups in total. The van der Waals surface area contributed by atoms with Gasteiger partial charge in [-0.25, -0.2) is 8.78 Å². The predicted molar refractivity (Wildman–Crippen MR) is 80.2 cm³/mol. The van der Waals surface area contributed by atoms with Crippen LogP contribution in [0, 0.1) is 11.6 Å². The summed E-state index contributed by atoms with van der Waals surface area (Å²) in [4.78, 5) is 12.9. The van der Waals surface area contributed by atoms with E-state index in [1.54, 1.807) is 23.9 Å². The lowest BCUT2D eigenvalue weighted by molar-refractivity contribution is 0.101. The third-order valence-corrected chi connectivity index (χ3v) is 3.78. The highest BCUT2D eigenvalue weighted by molar-refractivity contribution is 9.10. The molecule has 20 heavy (non-hydrogen) atoms. The van der Waals surface area contributed by atoms with Crippen molar-refractivity contribution in [2.45, 2.75) is 4.90 Å². The van der Waals surface area contributed by atoms with Crippen LogP contribution in [-0.4, -0.2) is 12.2 Å². The third-order valence-electron chi connectivity index (χ3n) is 2.58. The zero-order valence-corrected chi connectivity index (χ0v) is 12.8. The van der Waals surface area contributed by atoms with Gasteiger partial charge in [-0.15, -0.1) is 11.8 Å². The zero-order valence-electron chi connectivity index (χ0n) is 10.4. The van der Waals surface area contributed by atoms with Crippen molar-refractivity contribution in [3.05, 3.63) is 58.1 Å². The largest absolute Gasteiger partial charge is 0.322 e. The topological polar surface area (TPSA) is 29.1 Å². The molecule has 0 atom stereocenters. The second kappa shape index (κ2) is 6.37. The molecular weight excluding hydrogens is 348 g/mol. The fourth-order valence-electron chi connectivity index (χ4n) is 1.63. The van der Waals surface area contributed by atoms with Crippen molar-refractivity contribution in [2.75, 3.05) is 11.6 Å². The average molecular weight is 358 g/mol. The quantitative estimate of drug-likeness (QED) is 0.806. The van der Waals surface area contributed by atoms with Crippen LogP contribution in [0.25, 0.3) is 0 Å². The van der Waals surface area contributed by atoms with Gasteiger partial charge in [-0.1, -0.05) is 15.9 Å². The van der Waals surface area contributed by atoms with Gasteiger partial charge in [-0.2, -0.15) is 0 Å². The van der Waals surface area contributed by atoms with Crippen LogP contribution in [0.2, 0.25) is 0 Å². The first-order valence-electron chi connectivity index (χ1n) is 5.61. The molecule has 2 rings (SSSR count). The van der Waals surface area contributed by atoms with E-state index in [0.29, 0.717) is 5.69 Å². The molecule has 0 saturated carbocycles. The number of amides is 1. The molecule has 0 aromatic heterocycles. The van der Waals surface area contributed by atoms with Gasteiger partial charge >= 0.3 is 0 Å². The van der Waals surface area contributed by atoms with E-state index in [4.69, 9.17) is 0 Å². The van der Waals surface area contributed by atoms with Gasteiger partial charge in [-0.05, 0) is 42.7 Å². The minimum atomic E-state index is -0.907. The molecule has 0 fully saturated rings. The lowest BCUT2D eigenvalue weighted by Crippen LogP contribution is -2.15. The van der Waals surface area contributed by atoms with E-state index >= 15 is 0 Å². The van der Waals surface area contributed by atoms with Crippen molar-refractivity contribution in [1.29, 1.82) is 0 Å². The van der Waals surface area contributed by atoms with E-state index in [2.05, 4.69) is 21.2 Å². The summed E-state index contributed by atoms with van der Waals surface area (Å²) in [6, 6.07) is 9.09. The van der Waals surface area contributed by atoms with Crippen LogP contribution in [0.15, 0.2) is 45.8 Å². The van der Waals surface area contributed by atoms with E-state index in [-0.39, 0.29) is 4.47 Å². The maximum atomic E-state index is 13.6. The fourth-order valence-corrected chi connectivity index (χ4v) is 2.44. The number of hydrogen-bond acceptors (Lipinski definition) is 2. The Labute approximate surface area is 127 Å². The summed E-state index contributed by atoms with van der Waals surface area (Å²) in [5.41, 5.74) is -0.114. The average Bonchev–Trinajstić information content (AvgIpc) is 2.38. The van der Waals surface area contributed by atoms with E-state index in [9.17, 15) is 13.6 Å². The second-order valence-corrected chi connectivity index (χ2v) is 5.72. The molecule has 0 saturated heterocycles. The van der Waals surface area contributed by atoms with Crippen molar-refractivity contribution in [3.63, 3.8) is 0 Å². The molecule has 1 amide bonds. The molecule has 0 aliphatic heterocycles. The minimum absolute atomic E-state index is 0.244. The van der Waals surface area contributed by atoms with Crippen LogP contribution in [0.4, 0.5) is 14.5 Å². The van der Waals surface area contributed by atoms with Crippen LogP contribution < -0.4 is 5.32 Å². The maximum absolute atomic E-state index is 13.6. The Kier molecular flexibility index (Phi) is 4.77. The van der Waals surface area contributed by atoms with Gasteiger partial charge in [0.05, 0.1) is 0 Å². The van der Waals surface area contributed by atoms with Gasteiger partial charge in [-0.3, -0.25) is 4.79 Å². The Balaban J connectivity index is 2.23. The number of benzene rings is 2. The predicted octanol–water partition coefficient (Wildman–Crippen LogP) is 4.70. The van der Waals surface area contributed by atoms with E-state index in [1.807, 2.05) is 18.4 Å². The molecule has 0 heterocycles. The lowest BCUT2D eigenvalue weighted by atomic mass is 10.2. The number of carbonyl (C=O) groups is 1. The molecule has 0 radical (unpaired) electrons. The Morgan fingerprint density at radius 1 is 1.15 bits per heavy atom. The number of halogens is 3. The van der Waals surface area contributed by atoms with E-state index in [1.165, 1.54) is 0 Å². The van der Waals surface area contributed by atoms with Gasteiger partial charge in [0, 0.05) is 15.1 Å². The van der Waals surface area contributed by atoms with Crippen molar-refractivity contribution >= 4 is 39.3 Å². The number of carbonyl (C=O) groups excluding carboxylic acids is 1. The van der Waals surface area contributed by atoms with Crippen molar-refractivity contribution in [2.24, 2.45) is 0 Å². The van der Waals surface area contributed by atoms with Crippen LogP contribution in [-0.2, 0) is 0 Å². The van der Waals surface area contributed by atoms with Crippen molar-refractivity contribution in [1.82, 2.24) is 0 Å². The standard InChI is InChI=1S/C14H10BrF2NOS/c1-20-10-4-2-9(3-5-10)18-14(19)13-11(16)6-8(15)7-12(13)17/h2-7H,1H3,(H,18,19). The zero-order chi connectivity index (χ0) is 14.7. The highest BCUT2D eigenvalue weighted by atomic mass is 79.9. The molecule has 0 bridgehead atoms. The number of nitrogens with one attached hydrogen (secondary N) is 1. The van der Waals surface area contributed by atoms with E-state index < -0.39 is 23.1 Å². The SMILES string of the molecule is CSc1ccc(NC(=O)c2c(F)cc(Br)cc2F)cc1. The third kappa shape index (κ3) is 3.37. The van der Waals surface area contributed by atoms with Crippen molar-refractivity contribution in [3.8, 4) is 0 Å². The molecule has 6 heteroatoms. The summed E-state index contributed by atoms with van der Waals surface area (Å²) >= 11 is 4.53. The first-order chi connectivity index (χ1) is 9.51. The van der Waals surface area contributed by atoms with Gasteiger partial charge in [0.2, 0.25) is 0 Å². The summed E-state index contributed by atoms with van der Waals surface area (Å²) in [6.45, 7) is 0. The Morgan fingerprint density at radius 3 is 2.20 bits per heavy atom. The first-order valence-corrected chi connectivity index (χ1v) is 7.63. The normalized spacial score (nSPS) is 10.4. The van der Waals surface area contributed by atoms with Gasteiger partial charge in [0.15, 0.2) is 0 Å². The van der Waals surface area contributed by atoms with Gasteiger partial charge < -0.3 is 5.32 Å². The maximum Gasteiger partial charge on any atom is 0.261 e. The molecule has 2 aromatic rings. The van der Waals surface area contributed by atoms with E-state index in [0.717, 1.165) is 17.0 Å². The van der Waals surface area contributed by atoms with Crippen molar-refractivity contribution < 1.29 is 13.6 Å². The highest BCUT2D eigenvalue weighted by Gasteiger charge is 2.18. The second-order valence-electron chi connectivity index (χ2n) is 3.93. The minimum Gasteiger partial charge on any atom is -0.322 e. The van der Waals surface area contributed by atoms with Crippen LogP contribution in [0.1, 0.15) is 10.4 Å². The Morgan fingerprint density at radius 2 is 1.70 bits per heavy atom. The lowest BCUT2D eigenvalue weighted by Gasteiger charge is -2.08. The summed E-state index contributed by atoms with van der Waals surface area (Å²) in [7, 11) is 0. The molecule has 2 aromatic carbocycles. The highest BCUT2D eigenvalue weighted by Crippen LogP contribution is 2.22. The van der Waals surface area contributed by atoms with Crippen LogP contribution >= 0.6 is 27.7 Å². The molecule has 2 nitrogen and oxygen atoms in total. The monoisotopic (exact) mass is 357 g/mol. The molecule has 0 unspecified atom stereocenters. The number of hydrogen-bond donors (Lipinski definition) is 1. The van der Waals surface area contributed by atoms with Gasteiger partial charge in [0.1, 0.15) is 17.2 Å². The smallest absolute Gasteiger partial charge is 0.261 e. The fraction of sp³-hybridized carbons (Fsp3) is 0.0714. The molecular formula is C14H10BrF2NOS. The molecule has 104 valence electrons. The first kappa shape index (κ1) is 15.0. The Hall–Kier alpha value is -1.40. The molecule has 0 aliphatic carbocycles. The molecule has 0 aliphatic rings.